The molecule has 0 rings (SSSR count). The predicted octanol–water partition coefficient (Wildman–Crippen LogP) is 1.37. The molecule has 0 spiro atoms. The van der Waals surface area contributed by atoms with Crippen molar-refractivity contribution in [1.29, 1.82) is 0 Å². The number of allylic oxidation sites excluding steroid dienone is 1. The molecule has 0 aromatic heterocycles. The average molecular weight is 128 g/mol. The van der Waals surface area contributed by atoms with Gasteiger partial charge in [0.1, 0.15) is 0 Å². The van der Waals surface area contributed by atoms with Gasteiger partial charge in [0.25, 0.3) is 0 Å². The van der Waals surface area contributed by atoms with E-state index in [2.05, 4.69) is 12.5 Å². The van der Waals surface area contributed by atoms with E-state index in [0.29, 0.717) is 12.3 Å². The van der Waals surface area contributed by atoms with Crippen LogP contribution in [0.25, 0.3) is 0 Å². The summed E-state index contributed by atoms with van der Waals surface area (Å²) >= 11 is 0. The van der Waals surface area contributed by atoms with Crippen LogP contribution >= 0.6 is 7.80 Å². The molecule has 1 unspecified atom stereocenters. The number of hydrogen-bond donors (Lipinski definition) is 0. The first-order valence-electron chi connectivity index (χ1n) is 2.37. The van der Waals surface area contributed by atoms with Gasteiger partial charge in [-0.3, -0.25) is 0 Å². The van der Waals surface area contributed by atoms with Crippen molar-refractivity contribution < 1.29 is 4.57 Å². The Morgan fingerprint density at radius 3 is 2.88 bits per heavy atom. The van der Waals surface area contributed by atoms with Crippen LogP contribution in [0.15, 0.2) is 12.7 Å². The van der Waals surface area contributed by atoms with E-state index < -0.39 is 7.80 Å². The van der Waals surface area contributed by atoms with E-state index in [1.165, 1.54) is 0 Å². The van der Waals surface area contributed by atoms with Crippen LogP contribution in [0.4, 0.5) is 0 Å². The first kappa shape index (κ1) is 7.53. The molecule has 0 aromatic rings. The second-order valence-electron chi connectivity index (χ2n) is 1.41. The highest BCUT2D eigenvalue weighted by Crippen LogP contribution is 2.17. The largest absolute Gasteiger partial charge is 0.326 e. The molecule has 0 amide bonds. The molecule has 44 valence electrons. The molecule has 0 N–H and O–H groups in total. The van der Waals surface area contributed by atoms with Gasteiger partial charge in [0, 0.05) is 6.16 Å². The zero-order valence-corrected chi connectivity index (χ0v) is 5.68. The fraction of sp³-hybridized carbons (Fsp3) is 0.333. The summed E-state index contributed by atoms with van der Waals surface area (Å²) in [5.74, 6) is 2.34. The highest BCUT2D eigenvalue weighted by molar-refractivity contribution is 7.45. The molecule has 0 radical (unpaired) electrons. The Bertz CT molecular complexity index is 132. The molecule has 0 aliphatic heterocycles. The summed E-state index contributed by atoms with van der Waals surface area (Å²) in [5.41, 5.74) is 0. The van der Waals surface area contributed by atoms with Gasteiger partial charge in [-0.2, -0.15) is 0 Å². The van der Waals surface area contributed by atoms with Crippen LogP contribution in [0.2, 0.25) is 0 Å². The van der Waals surface area contributed by atoms with Crippen molar-refractivity contribution in [1.82, 2.24) is 0 Å². The van der Waals surface area contributed by atoms with Crippen molar-refractivity contribution >= 4 is 7.80 Å². The van der Waals surface area contributed by atoms with Gasteiger partial charge in [-0.25, -0.2) is 0 Å². The van der Waals surface area contributed by atoms with E-state index in [1.807, 2.05) is 0 Å². The third-order valence-corrected chi connectivity index (χ3v) is 2.01. The Hall–Kier alpha value is -0.470. The number of rotatable bonds is 3. The minimum Gasteiger partial charge on any atom is -0.326 e. The number of terminal acetylenes is 1. The first-order chi connectivity index (χ1) is 3.81. The third-order valence-electron chi connectivity index (χ3n) is 0.671. The van der Waals surface area contributed by atoms with E-state index in [-0.39, 0.29) is 0 Å². The lowest BCUT2D eigenvalue weighted by atomic mass is 10.8. The molecular formula is C6H9OP. The van der Waals surface area contributed by atoms with Crippen LogP contribution in [-0.4, -0.2) is 12.3 Å². The maximum Gasteiger partial charge on any atom is 0.0911 e. The van der Waals surface area contributed by atoms with Crippen molar-refractivity contribution in [2.75, 3.05) is 12.3 Å². The summed E-state index contributed by atoms with van der Waals surface area (Å²) < 4.78 is 10.6. The molecule has 0 aliphatic carbocycles. The minimum absolute atomic E-state index is 0.413. The smallest absolute Gasteiger partial charge is 0.0911 e. The van der Waals surface area contributed by atoms with Crippen molar-refractivity contribution in [3.05, 3.63) is 12.7 Å². The highest BCUT2D eigenvalue weighted by Gasteiger charge is 1.89. The van der Waals surface area contributed by atoms with Crippen molar-refractivity contribution in [3.8, 4) is 12.3 Å². The Kier molecular flexibility index (Phi) is 4.41. The molecule has 0 heterocycles. The van der Waals surface area contributed by atoms with E-state index in [4.69, 9.17) is 6.42 Å². The second-order valence-corrected chi connectivity index (χ2v) is 3.25. The van der Waals surface area contributed by atoms with Gasteiger partial charge in [0.15, 0.2) is 0 Å². The normalized spacial score (nSPS) is 11.9. The lowest BCUT2D eigenvalue weighted by Gasteiger charge is -1.85. The van der Waals surface area contributed by atoms with Crippen LogP contribution in [0.3, 0.4) is 0 Å². The summed E-state index contributed by atoms with van der Waals surface area (Å²) in [5, 5.41) is 0. The standard InChI is InChI=1S/C6H9OP/c1-3-5-8(7)6-4-2/h1,4,8H,2,5-6H2. The SMILES string of the molecule is C#CC[PH](=O)CC=C. The van der Waals surface area contributed by atoms with Crippen LogP contribution in [0.5, 0.6) is 0 Å². The maximum absolute atomic E-state index is 10.6. The topological polar surface area (TPSA) is 17.1 Å². The van der Waals surface area contributed by atoms with Crippen molar-refractivity contribution in [2.45, 2.75) is 0 Å². The molecule has 0 bridgehead atoms. The molecule has 0 aliphatic rings. The van der Waals surface area contributed by atoms with Gasteiger partial charge in [0.2, 0.25) is 0 Å². The molecule has 0 aromatic carbocycles. The Morgan fingerprint density at radius 2 is 2.50 bits per heavy atom. The quantitative estimate of drug-likeness (QED) is 0.318. The van der Waals surface area contributed by atoms with Crippen molar-refractivity contribution in [3.63, 3.8) is 0 Å². The molecule has 2 heteroatoms. The van der Waals surface area contributed by atoms with Gasteiger partial charge in [-0.15, -0.1) is 13.0 Å². The first-order valence-corrected chi connectivity index (χ1v) is 4.19. The third kappa shape index (κ3) is 3.71. The molecule has 0 saturated carbocycles. The fourth-order valence-electron chi connectivity index (χ4n) is 0.347. The molecule has 1 atom stereocenters. The molecule has 8 heavy (non-hydrogen) atoms. The van der Waals surface area contributed by atoms with Gasteiger partial charge >= 0.3 is 0 Å². The van der Waals surface area contributed by atoms with Crippen LogP contribution in [-0.2, 0) is 4.57 Å². The lowest BCUT2D eigenvalue weighted by molar-refractivity contribution is 0.591. The van der Waals surface area contributed by atoms with Crippen LogP contribution < -0.4 is 0 Å². The summed E-state index contributed by atoms with van der Waals surface area (Å²) in [4.78, 5) is 0. The zero-order valence-electron chi connectivity index (χ0n) is 4.68. The Balaban J connectivity index is 3.36. The monoisotopic (exact) mass is 128 g/mol. The van der Waals surface area contributed by atoms with Crippen LogP contribution in [0, 0.1) is 12.3 Å². The minimum atomic E-state index is -1.50. The Labute approximate surface area is 50.6 Å². The van der Waals surface area contributed by atoms with Crippen LogP contribution in [0.1, 0.15) is 0 Å². The molecule has 0 saturated heterocycles. The van der Waals surface area contributed by atoms with E-state index >= 15 is 0 Å². The number of hydrogen-bond acceptors (Lipinski definition) is 1. The maximum atomic E-state index is 10.6. The highest BCUT2D eigenvalue weighted by atomic mass is 31.1. The van der Waals surface area contributed by atoms with Gasteiger partial charge < -0.3 is 4.57 Å². The summed E-state index contributed by atoms with van der Waals surface area (Å²) in [6.07, 6.45) is 7.53. The molecule has 1 nitrogen and oxygen atoms in total. The van der Waals surface area contributed by atoms with E-state index in [9.17, 15) is 4.57 Å². The van der Waals surface area contributed by atoms with Gasteiger partial charge in [-0.05, 0) is 0 Å². The van der Waals surface area contributed by atoms with Gasteiger partial charge in [-0.1, -0.05) is 12.0 Å². The predicted molar refractivity (Wildman–Crippen MR) is 37.8 cm³/mol. The Morgan fingerprint density at radius 1 is 1.88 bits per heavy atom. The zero-order chi connectivity index (χ0) is 6.41. The molecular weight excluding hydrogens is 119 g/mol. The summed E-state index contributed by atoms with van der Waals surface area (Å²) in [7, 11) is -1.50. The van der Waals surface area contributed by atoms with Gasteiger partial charge in [0.05, 0.1) is 14.0 Å². The average Bonchev–Trinajstić information content (AvgIpc) is 1.68. The lowest BCUT2D eigenvalue weighted by Crippen LogP contribution is -1.72. The summed E-state index contributed by atoms with van der Waals surface area (Å²) in [6.45, 7) is 3.44. The fourth-order valence-corrected chi connectivity index (χ4v) is 1.04. The summed E-state index contributed by atoms with van der Waals surface area (Å²) in [6, 6.07) is 0. The van der Waals surface area contributed by atoms with E-state index in [0.717, 1.165) is 0 Å². The molecule has 0 fully saturated rings. The van der Waals surface area contributed by atoms with E-state index in [1.54, 1.807) is 6.08 Å². The van der Waals surface area contributed by atoms with Crippen molar-refractivity contribution in [2.24, 2.45) is 0 Å². The second kappa shape index (κ2) is 4.68.